The Morgan fingerprint density at radius 1 is 1.06 bits per heavy atom. The number of ether oxygens (including phenoxy) is 1. The van der Waals surface area contributed by atoms with Gasteiger partial charge in [-0.3, -0.25) is 0 Å². The summed E-state index contributed by atoms with van der Waals surface area (Å²) in [6.07, 6.45) is 0. The highest BCUT2D eigenvalue weighted by atomic mass is 79.9. The third-order valence-corrected chi connectivity index (χ3v) is 3.41. The molecule has 1 aliphatic heterocycles. The molecule has 0 N–H and O–H groups in total. The van der Waals surface area contributed by atoms with Gasteiger partial charge in [-0.25, -0.2) is 4.79 Å². The van der Waals surface area contributed by atoms with Gasteiger partial charge in [-0.2, -0.15) is 0 Å². The predicted molar refractivity (Wildman–Crippen MR) is 73.0 cm³/mol. The van der Waals surface area contributed by atoms with Gasteiger partial charge in [0, 0.05) is 10.2 Å². The highest BCUT2D eigenvalue weighted by Gasteiger charge is 2.24. The van der Waals surface area contributed by atoms with Crippen LogP contribution in [0.2, 0.25) is 0 Å². The standard InChI is InChI=1S/C14H10BrNO2/c15-10-5-7-11(8-6-10)16-9-18-14(17)12-3-1-2-4-13(12)16/h1-8H,9H2. The van der Waals surface area contributed by atoms with E-state index < -0.39 is 0 Å². The van der Waals surface area contributed by atoms with E-state index in [0.717, 1.165) is 15.8 Å². The lowest BCUT2D eigenvalue weighted by Gasteiger charge is -2.30. The Bertz CT molecular complexity index is 595. The van der Waals surface area contributed by atoms with Crippen LogP contribution in [0, 0.1) is 0 Å². The van der Waals surface area contributed by atoms with Crippen LogP contribution in [0.4, 0.5) is 11.4 Å². The topological polar surface area (TPSA) is 29.5 Å². The van der Waals surface area contributed by atoms with Gasteiger partial charge in [-0.05, 0) is 36.4 Å². The molecule has 90 valence electrons. The van der Waals surface area contributed by atoms with Crippen molar-refractivity contribution in [1.82, 2.24) is 0 Å². The van der Waals surface area contributed by atoms with Crippen LogP contribution >= 0.6 is 15.9 Å². The van der Waals surface area contributed by atoms with Gasteiger partial charge < -0.3 is 9.64 Å². The van der Waals surface area contributed by atoms with Crippen LogP contribution < -0.4 is 4.90 Å². The lowest BCUT2D eigenvalue weighted by Crippen LogP contribution is -2.30. The third-order valence-electron chi connectivity index (χ3n) is 2.88. The molecule has 1 heterocycles. The van der Waals surface area contributed by atoms with Gasteiger partial charge in [0.25, 0.3) is 0 Å². The summed E-state index contributed by atoms with van der Waals surface area (Å²) in [4.78, 5) is 13.6. The molecule has 2 aromatic rings. The number of nitrogens with zero attached hydrogens (tertiary/aromatic N) is 1. The SMILES string of the molecule is O=C1OCN(c2ccc(Br)cc2)c2ccccc21. The van der Waals surface area contributed by atoms with E-state index in [1.807, 2.05) is 47.4 Å². The molecule has 0 fully saturated rings. The number of hydrogen-bond donors (Lipinski definition) is 0. The average molecular weight is 304 g/mol. The monoisotopic (exact) mass is 303 g/mol. The molecule has 18 heavy (non-hydrogen) atoms. The Balaban J connectivity index is 2.07. The first-order valence-electron chi connectivity index (χ1n) is 5.55. The highest BCUT2D eigenvalue weighted by Crippen LogP contribution is 2.32. The molecule has 0 aromatic heterocycles. The van der Waals surface area contributed by atoms with Crippen LogP contribution in [0.15, 0.2) is 53.0 Å². The minimum absolute atomic E-state index is 0.247. The summed E-state index contributed by atoms with van der Waals surface area (Å²) < 4.78 is 6.20. The number of fused-ring (bicyclic) bond motifs is 1. The second-order valence-corrected chi connectivity index (χ2v) is 4.90. The molecule has 1 aliphatic rings. The Hall–Kier alpha value is -1.81. The number of anilines is 2. The Morgan fingerprint density at radius 3 is 2.56 bits per heavy atom. The van der Waals surface area contributed by atoms with Crippen molar-refractivity contribution in [2.24, 2.45) is 0 Å². The summed E-state index contributed by atoms with van der Waals surface area (Å²) in [5, 5.41) is 0. The summed E-state index contributed by atoms with van der Waals surface area (Å²) in [6.45, 7) is 0.247. The maximum atomic E-state index is 11.7. The second kappa shape index (κ2) is 4.46. The lowest BCUT2D eigenvalue weighted by atomic mass is 10.1. The van der Waals surface area contributed by atoms with E-state index in [1.165, 1.54) is 0 Å². The van der Waals surface area contributed by atoms with E-state index in [9.17, 15) is 4.79 Å². The van der Waals surface area contributed by atoms with Crippen LogP contribution in [0.1, 0.15) is 10.4 Å². The fourth-order valence-corrected chi connectivity index (χ4v) is 2.25. The molecule has 3 nitrogen and oxygen atoms in total. The van der Waals surface area contributed by atoms with Crippen molar-refractivity contribution in [3.05, 3.63) is 58.6 Å². The molecule has 0 amide bonds. The molecular formula is C14H10BrNO2. The molecule has 0 aliphatic carbocycles. The van der Waals surface area contributed by atoms with Gasteiger partial charge in [-0.1, -0.05) is 28.1 Å². The zero-order chi connectivity index (χ0) is 12.5. The molecule has 0 saturated carbocycles. The number of carbonyl (C=O) groups excluding carboxylic acids is 1. The van der Waals surface area contributed by atoms with Crippen LogP contribution in [0.25, 0.3) is 0 Å². The van der Waals surface area contributed by atoms with Crippen LogP contribution in [0.3, 0.4) is 0 Å². The van der Waals surface area contributed by atoms with E-state index in [2.05, 4.69) is 15.9 Å². The summed E-state index contributed by atoms with van der Waals surface area (Å²) in [5.74, 6) is -0.265. The maximum Gasteiger partial charge on any atom is 0.342 e. The number of benzene rings is 2. The largest absolute Gasteiger partial charge is 0.440 e. The number of esters is 1. The molecule has 0 spiro atoms. The van der Waals surface area contributed by atoms with E-state index in [-0.39, 0.29) is 12.7 Å². The fourth-order valence-electron chi connectivity index (χ4n) is 1.99. The van der Waals surface area contributed by atoms with Crippen LogP contribution in [0.5, 0.6) is 0 Å². The lowest BCUT2D eigenvalue weighted by molar-refractivity contribution is 0.0494. The summed E-state index contributed by atoms with van der Waals surface area (Å²) in [5.41, 5.74) is 2.49. The molecule has 3 rings (SSSR count). The number of rotatable bonds is 1. The minimum Gasteiger partial charge on any atom is -0.440 e. The normalized spacial score (nSPS) is 14.1. The second-order valence-electron chi connectivity index (χ2n) is 3.98. The van der Waals surface area contributed by atoms with Crippen molar-refractivity contribution in [3.63, 3.8) is 0 Å². The van der Waals surface area contributed by atoms with E-state index in [4.69, 9.17) is 4.74 Å². The maximum absolute atomic E-state index is 11.7. The molecule has 2 aromatic carbocycles. The van der Waals surface area contributed by atoms with E-state index >= 15 is 0 Å². The Morgan fingerprint density at radius 2 is 1.78 bits per heavy atom. The smallest absolute Gasteiger partial charge is 0.342 e. The molecular weight excluding hydrogens is 294 g/mol. The van der Waals surface area contributed by atoms with Crippen molar-refractivity contribution in [1.29, 1.82) is 0 Å². The van der Waals surface area contributed by atoms with Gasteiger partial charge in [-0.15, -0.1) is 0 Å². The van der Waals surface area contributed by atoms with Crippen molar-refractivity contribution in [2.75, 3.05) is 11.6 Å². The fraction of sp³-hybridized carbons (Fsp3) is 0.0714. The Labute approximate surface area is 113 Å². The predicted octanol–water partition coefficient (Wildman–Crippen LogP) is 3.72. The van der Waals surface area contributed by atoms with Gasteiger partial charge in [0.05, 0.1) is 11.3 Å². The number of hydrogen-bond acceptors (Lipinski definition) is 3. The van der Waals surface area contributed by atoms with Crippen molar-refractivity contribution in [2.45, 2.75) is 0 Å². The molecule has 0 unspecified atom stereocenters. The number of para-hydroxylation sites is 1. The zero-order valence-corrected chi connectivity index (χ0v) is 11.1. The number of cyclic esters (lactones) is 1. The Kier molecular flexibility index (Phi) is 2.80. The van der Waals surface area contributed by atoms with Gasteiger partial charge in [0.1, 0.15) is 0 Å². The quantitative estimate of drug-likeness (QED) is 0.752. The minimum atomic E-state index is -0.265. The average Bonchev–Trinajstić information content (AvgIpc) is 2.41. The zero-order valence-electron chi connectivity index (χ0n) is 9.47. The number of halogens is 1. The van der Waals surface area contributed by atoms with E-state index in [1.54, 1.807) is 6.07 Å². The van der Waals surface area contributed by atoms with Crippen LogP contribution in [-0.4, -0.2) is 12.7 Å². The summed E-state index contributed by atoms with van der Waals surface area (Å²) in [7, 11) is 0. The van der Waals surface area contributed by atoms with E-state index in [0.29, 0.717) is 5.56 Å². The summed E-state index contributed by atoms with van der Waals surface area (Å²) in [6, 6.07) is 15.4. The first kappa shape index (κ1) is 11.3. The molecule has 0 bridgehead atoms. The van der Waals surface area contributed by atoms with Gasteiger partial charge >= 0.3 is 5.97 Å². The summed E-state index contributed by atoms with van der Waals surface area (Å²) >= 11 is 3.41. The van der Waals surface area contributed by atoms with Crippen molar-refractivity contribution in [3.8, 4) is 0 Å². The molecule has 0 atom stereocenters. The van der Waals surface area contributed by atoms with Gasteiger partial charge in [0.2, 0.25) is 0 Å². The molecule has 0 radical (unpaired) electrons. The molecule has 0 saturated heterocycles. The van der Waals surface area contributed by atoms with Crippen molar-refractivity contribution < 1.29 is 9.53 Å². The number of carbonyl (C=O) groups is 1. The van der Waals surface area contributed by atoms with Crippen molar-refractivity contribution >= 4 is 33.3 Å². The van der Waals surface area contributed by atoms with Gasteiger partial charge in [0.15, 0.2) is 6.73 Å². The first-order valence-corrected chi connectivity index (χ1v) is 6.34. The van der Waals surface area contributed by atoms with Crippen LogP contribution in [-0.2, 0) is 4.74 Å². The highest BCUT2D eigenvalue weighted by molar-refractivity contribution is 9.10. The first-order chi connectivity index (χ1) is 8.75. The molecule has 4 heteroatoms. The third kappa shape index (κ3) is 1.88.